The van der Waals surface area contributed by atoms with Gasteiger partial charge in [-0.15, -0.1) is 13.2 Å². The molecule has 0 aliphatic rings. The molecule has 0 saturated heterocycles. The second-order valence-corrected chi connectivity index (χ2v) is 4.08. The lowest BCUT2D eigenvalue weighted by atomic mass is 10.0. The van der Waals surface area contributed by atoms with Crippen molar-refractivity contribution in [3.63, 3.8) is 0 Å². The Bertz CT molecular complexity index is 593. The van der Waals surface area contributed by atoms with Gasteiger partial charge >= 0.3 is 6.36 Å². The van der Waals surface area contributed by atoms with Crippen LogP contribution in [0.1, 0.15) is 5.56 Å². The highest BCUT2D eigenvalue weighted by atomic mass is 19.4. The van der Waals surface area contributed by atoms with Crippen LogP contribution in [0.15, 0.2) is 42.5 Å². The fraction of sp³-hybridized carbons (Fsp3) is 0.143. The van der Waals surface area contributed by atoms with E-state index in [1.807, 2.05) is 0 Å². The van der Waals surface area contributed by atoms with Crippen molar-refractivity contribution in [1.82, 2.24) is 0 Å². The summed E-state index contributed by atoms with van der Waals surface area (Å²) < 4.78 is 53.4. The van der Waals surface area contributed by atoms with Crippen molar-refractivity contribution in [2.45, 2.75) is 12.9 Å². The maximum absolute atomic E-state index is 13.6. The molecule has 0 bridgehead atoms. The fourth-order valence-corrected chi connectivity index (χ4v) is 1.74. The zero-order valence-corrected chi connectivity index (χ0v) is 10.2. The van der Waals surface area contributed by atoms with Crippen molar-refractivity contribution in [1.29, 1.82) is 0 Å². The van der Waals surface area contributed by atoms with Crippen molar-refractivity contribution in [3.8, 4) is 16.9 Å². The Morgan fingerprint density at radius 1 is 0.950 bits per heavy atom. The number of ether oxygens (including phenoxy) is 1. The Kier molecular flexibility index (Phi) is 3.94. The predicted octanol–water partition coefficient (Wildman–Crippen LogP) is 3.85. The van der Waals surface area contributed by atoms with Crippen LogP contribution in [-0.4, -0.2) is 6.36 Å². The van der Waals surface area contributed by atoms with Gasteiger partial charge in [-0.05, 0) is 29.3 Å². The van der Waals surface area contributed by atoms with Gasteiger partial charge in [0.15, 0.2) is 0 Å². The SMILES string of the molecule is NCc1ccc(-c2ccc(OC(F)(F)F)cc2)cc1F. The molecule has 0 aromatic heterocycles. The largest absolute Gasteiger partial charge is 0.573 e. The van der Waals surface area contributed by atoms with Crippen molar-refractivity contribution < 1.29 is 22.3 Å². The molecule has 0 aliphatic carbocycles. The Hall–Kier alpha value is -2.08. The van der Waals surface area contributed by atoms with Crippen LogP contribution in [0.25, 0.3) is 11.1 Å². The highest BCUT2D eigenvalue weighted by Crippen LogP contribution is 2.27. The number of nitrogens with two attached hydrogens (primary N) is 1. The lowest BCUT2D eigenvalue weighted by Crippen LogP contribution is -2.16. The molecule has 0 aliphatic heterocycles. The van der Waals surface area contributed by atoms with E-state index in [1.165, 1.54) is 30.3 Å². The summed E-state index contributed by atoms with van der Waals surface area (Å²) in [7, 11) is 0. The van der Waals surface area contributed by atoms with E-state index >= 15 is 0 Å². The molecule has 0 radical (unpaired) electrons. The Labute approximate surface area is 112 Å². The van der Waals surface area contributed by atoms with Crippen LogP contribution < -0.4 is 10.5 Å². The second kappa shape index (κ2) is 5.50. The maximum Gasteiger partial charge on any atom is 0.573 e. The van der Waals surface area contributed by atoms with E-state index in [2.05, 4.69) is 4.74 Å². The number of alkyl halides is 3. The smallest absolute Gasteiger partial charge is 0.406 e. The summed E-state index contributed by atoms with van der Waals surface area (Å²) in [6, 6.07) is 9.71. The Balaban J connectivity index is 2.24. The van der Waals surface area contributed by atoms with E-state index in [1.54, 1.807) is 12.1 Å². The zero-order valence-electron chi connectivity index (χ0n) is 10.2. The first kappa shape index (κ1) is 14.3. The predicted molar refractivity (Wildman–Crippen MR) is 66.4 cm³/mol. The monoisotopic (exact) mass is 285 g/mol. The van der Waals surface area contributed by atoms with Crippen LogP contribution in [0, 0.1) is 5.82 Å². The average molecular weight is 285 g/mol. The number of hydrogen-bond donors (Lipinski definition) is 1. The molecule has 2 N–H and O–H groups in total. The fourth-order valence-electron chi connectivity index (χ4n) is 1.74. The van der Waals surface area contributed by atoms with Gasteiger partial charge in [-0.3, -0.25) is 0 Å². The maximum atomic E-state index is 13.6. The number of hydrogen-bond acceptors (Lipinski definition) is 2. The van der Waals surface area contributed by atoms with Gasteiger partial charge in [0.1, 0.15) is 11.6 Å². The van der Waals surface area contributed by atoms with Gasteiger partial charge in [-0.1, -0.05) is 24.3 Å². The summed E-state index contributed by atoms with van der Waals surface area (Å²) >= 11 is 0. The van der Waals surface area contributed by atoms with Crippen LogP contribution >= 0.6 is 0 Å². The molecule has 0 heterocycles. The topological polar surface area (TPSA) is 35.2 Å². The average Bonchev–Trinajstić information content (AvgIpc) is 2.37. The summed E-state index contributed by atoms with van der Waals surface area (Å²) in [5.41, 5.74) is 6.87. The molecule has 2 nitrogen and oxygen atoms in total. The minimum absolute atomic E-state index is 0.0878. The highest BCUT2D eigenvalue weighted by Gasteiger charge is 2.30. The summed E-state index contributed by atoms with van der Waals surface area (Å²) in [6.45, 7) is 0.0878. The van der Waals surface area contributed by atoms with Gasteiger partial charge in [0.2, 0.25) is 0 Å². The lowest BCUT2D eigenvalue weighted by molar-refractivity contribution is -0.274. The molecule has 2 aromatic carbocycles. The van der Waals surface area contributed by atoms with Crippen molar-refractivity contribution in [2.24, 2.45) is 5.73 Å². The third kappa shape index (κ3) is 3.48. The van der Waals surface area contributed by atoms with Crippen LogP contribution in [-0.2, 0) is 6.54 Å². The van der Waals surface area contributed by atoms with E-state index in [0.717, 1.165) is 0 Å². The van der Waals surface area contributed by atoms with Crippen LogP contribution in [0.2, 0.25) is 0 Å². The van der Waals surface area contributed by atoms with E-state index in [4.69, 9.17) is 5.73 Å². The third-order valence-corrected chi connectivity index (χ3v) is 2.69. The van der Waals surface area contributed by atoms with Gasteiger partial charge in [0, 0.05) is 12.1 Å². The molecule has 2 rings (SSSR count). The number of rotatable bonds is 3. The number of halogens is 4. The first-order valence-electron chi connectivity index (χ1n) is 5.74. The van der Waals surface area contributed by atoms with Crippen LogP contribution in [0.3, 0.4) is 0 Å². The molecular weight excluding hydrogens is 274 g/mol. The first-order chi connectivity index (χ1) is 9.39. The molecule has 0 amide bonds. The van der Waals surface area contributed by atoms with E-state index in [9.17, 15) is 17.6 Å². The van der Waals surface area contributed by atoms with E-state index < -0.39 is 12.2 Å². The van der Waals surface area contributed by atoms with E-state index in [-0.39, 0.29) is 12.3 Å². The molecule has 0 atom stereocenters. The standard InChI is InChI=1S/C14H11F4NO/c15-13-7-10(1-2-11(13)8-19)9-3-5-12(6-4-9)20-14(16,17)18/h1-7H,8,19H2. The van der Waals surface area contributed by atoms with Crippen LogP contribution in [0.4, 0.5) is 17.6 Å². The molecule has 6 heteroatoms. The lowest BCUT2D eigenvalue weighted by Gasteiger charge is -2.09. The summed E-state index contributed by atoms with van der Waals surface area (Å²) in [5.74, 6) is -0.763. The van der Waals surface area contributed by atoms with Gasteiger partial charge < -0.3 is 10.5 Å². The quantitative estimate of drug-likeness (QED) is 0.869. The first-order valence-corrected chi connectivity index (χ1v) is 5.74. The molecule has 20 heavy (non-hydrogen) atoms. The van der Waals surface area contributed by atoms with E-state index in [0.29, 0.717) is 16.7 Å². The Morgan fingerprint density at radius 3 is 2.05 bits per heavy atom. The molecule has 0 fully saturated rings. The van der Waals surface area contributed by atoms with Gasteiger partial charge in [-0.2, -0.15) is 0 Å². The summed E-state index contributed by atoms with van der Waals surface area (Å²) in [5, 5.41) is 0. The zero-order chi connectivity index (χ0) is 14.8. The number of benzene rings is 2. The van der Waals surface area contributed by atoms with Crippen molar-refractivity contribution in [3.05, 3.63) is 53.8 Å². The van der Waals surface area contributed by atoms with Gasteiger partial charge in [0.05, 0.1) is 0 Å². The molecule has 0 unspecified atom stereocenters. The highest BCUT2D eigenvalue weighted by molar-refractivity contribution is 5.64. The van der Waals surface area contributed by atoms with Gasteiger partial charge in [-0.25, -0.2) is 4.39 Å². The molecule has 0 spiro atoms. The molecular formula is C14H11F4NO. The molecule has 0 saturated carbocycles. The van der Waals surface area contributed by atoms with Crippen molar-refractivity contribution in [2.75, 3.05) is 0 Å². The third-order valence-electron chi connectivity index (χ3n) is 2.69. The molecule has 106 valence electrons. The minimum atomic E-state index is -4.73. The summed E-state index contributed by atoms with van der Waals surface area (Å²) in [6.07, 6.45) is -4.73. The minimum Gasteiger partial charge on any atom is -0.406 e. The van der Waals surface area contributed by atoms with Crippen molar-refractivity contribution >= 4 is 0 Å². The second-order valence-electron chi connectivity index (χ2n) is 4.08. The summed E-state index contributed by atoms with van der Waals surface area (Å²) in [4.78, 5) is 0. The normalized spacial score (nSPS) is 11.4. The Morgan fingerprint density at radius 2 is 1.55 bits per heavy atom. The molecule has 2 aromatic rings. The van der Waals surface area contributed by atoms with Gasteiger partial charge in [0.25, 0.3) is 0 Å². The van der Waals surface area contributed by atoms with Crippen LogP contribution in [0.5, 0.6) is 5.75 Å².